The molecule has 0 aliphatic heterocycles. The van der Waals surface area contributed by atoms with E-state index in [4.69, 9.17) is 22.8 Å². The van der Waals surface area contributed by atoms with Crippen LogP contribution in [-0.2, 0) is 16.7 Å². The highest BCUT2D eigenvalue weighted by Crippen LogP contribution is 2.64. The maximum atomic E-state index is 12.9. The van der Waals surface area contributed by atoms with Gasteiger partial charge in [-0.25, -0.2) is 19.2 Å². The molecule has 10 nitrogen and oxygen atoms in total. The summed E-state index contributed by atoms with van der Waals surface area (Å²) in [5.74, 6) is 5.14. The van der Waals surface area contributed by atoms with Crippen LogP contribution in [0.25, 0.3) is 11.0 Å². The number of nitrogens with one attached hydrogen (secondary N) is 2. The molecule has 3 N–H and O–H groups in total. The molecule has 2 saturated carbocycles. The van der Waals surface area contributed by atoms with Crippen molar-refractivity contribution in [2.75, 3.05) is 19.5 Å². The number of ether oxygens (including phenoxy) is 2. The molecule has 8 aromatic rings. The van der Waals surface area contributed by atoms with E-state index in [1.54, 1.807) is 31.5 Å². The molecule has 0 saturated heterocycles. The van der Waals surface area contributed by atoms with Crippen LogP contribution in [0.5, 0.6) is 5.75 Å². The second kappa shape index (κ2) is 20.4. The molecule has 2 heterocycles. The number of halogens is 2. The maximum absolute atomic E-state index is 12.9. The smallest absolute Gasteiger partial charge is 0.413 e. The molecule has 2 fully saturated rings. The minimum absolute atomic E-state index is 0.104. The molecule has 3 aliphatic carbocycles. The largest absolute Gasteiger partial charge is 0.497 e. The number of aryl methyl sites for hydroxylation is 1. The molecule has 1 amide bonds. The van der Waals surface area contributed by atoms with Crippen LogP contribution in [-0.4, -0.2) is 56.3 Å². The van der Waals surface area contributed by atoms with Crippen molar-refractivity contribution < 1.29 is 28.6 Å². The second-order valence-corrected chi connectivity index (χ2v) is 19.0. The third kappa shape index (κ3) is 9.22. The lowest BCUT2D eigenvalue weighted by atomic mass is 9.53. The number of terminal acetylenes is 1. The van der Waals surface area contributed by atoms with Gasteiger partial charge in [-0.15, -0.1) is 6.42 Å². The van der Waals surface area contributed by atoms with Gasteiger partial charge in [-0.1, -0.05) is 109 Å². The van der Waals surface area contributed by atoms with Crippen molar-refractivity contribution in [3.63, 3.8) is 0 Å². The highest BCUT2D eigenvalue weighted by atomic mass is 35.5. The Bertz CT molecular complexity index is 3150. The monoisotopic (exact) mass is 967 g/mol. The molecule has 12 heteroatoms. The number of anilines is 1. The number of fused-ring (bicyclic) bond motifs is 6. The predicted octanol–water partition coefficient (Wildman–Crippen LogP) is 12.4. The third-order valence-electron chi connectivity index (χ3n) is 15.1. The van der Waals surface area contributed by atoms with Crippen molar-refractivity contribution in [2.45, 2.75) is 62.5 Å². The van der Waals surface area contributed by atoms with Gasteiger partial charge in [-0.05, 0) is 139 Å². The number of rotatable bonds is 8. The van der Waals surface area contributed by atoms with Gasteiger partial charge in [-0.3, -0.25) is 10.1 Å². The van der Waals surface area contributed by atoms with Crippen molar-refractivity contribution in [1.29, 1.82) is 0 Å². The van der Waals surface area contributed by atoms with E-state index in [2.05, 4.69) is 115 Å². The first-order valence-electron chi connectivity index (χ1n) is 23.8. The number of hydrogen-bond acceptors (Lipinski definition) is 7. The molecule has 5 atom stereocenters. The van der Waals surface area contributed by atoms with Crippen LogP contribution >= 0.6 is 11.6 Å². The molecular weight excluding hydrogens is 913 g/mol. The molecule has 0 unspecified atom stereocenters. The van der Waals surface area contributed by atoms with Gasteiger partial charge in [0, 0.05) is 39.5 Å². The van der Waals surface area contributed by atoms with E-state index in [1.807, 2.05) is 42.9 Å². The number of carbonyl (C=O) groups excluding carboxylic acids is 2. The minimum Gasteiger partial charge on any atom is -0.497 e. The zero-order valence-corrected chi connectivity index (χ0v) is 40.6. The lowest BCUT2D eigenvalue weighted by Crippen LogP contribution is -2.50. The average molecular weight is 969 g/mol. The predicted molar refractivity (Wildman–Crippen MR) is 275 cm³/mol. The molecule has 0 radical (unpaired) electrons. The summed E-state index contributed by atoms with van der Waals surface area (Å²) in [5, 5.41) is 14.1. The Balaban J connectivity index is 0.000000132. The number of carbonyl (C=O) groups is 2. The lowest BCUT2D eigenvalue weighted by molar-refractivity contribution is -0.0646. The van der Waals surface area contributed by atoms with Gasteiger partial charge in [0.25, 0.3) is 0 Å². The summed E-state index contributed by atoms with van der Waals surface area (Å²) in [7, 11) is 2.98. The standard InChI is InChI=1S/C22H17ClN2.C21H26O2.C16H12FN3O3/c23-21-14-8-7-13-20(21)22(25-16-15-24-17-25,18-9-3-1-4-10-18)19-11-5-2-6-12-19;1-4-21(22)12-10-19-18-7-5-14-13-15(23-3)6-8-16(14)17(18)9-11-20(19,21)2;1-23-16(22)20-15-18-12-7-4-10(8-13(12)19-15)14(21)9-2-5-11(17)6-3-9/h1-17H;1,6,8,13,17-19,22H,5,7,9-12H2,2-3H3;2-8H,1H3,(H2,18,19,20,22)/t;17-,18-,19+,20+,21+;/m.1./s1. The minimum atomic E-state index is -0.900. The molecule has 71 heavy (non-hydrogen) atoms. The fourth-order valence-corrected chi connectivity index (χ4v) is 11.8. The Morgan fingerprint density at radius 2 is 1.56 bits per heavy atom. The van der Waals surface area contributed by atoms with E-state index in [0.717, 1.165) is 59.6 Å². The Morgan fingerprint density at radius 1 is 0.873 bits per heavy atom. The molecule has 0 bridgehead atoms. The second-order valence-electron chi connectivity index (χ2n) is 18.6. The molecule has 360 valence electrons. The number of benzene rings is 6. The number of aromatic nitrogens is 4. The Kier molecular flexibility index (Phi) is 14.0. The fourth-order valence-electron chi connectivity index (χ4n) is 11.5. The van der Waals surface area contributed by atoms with Gasteiger partial charge in [-0.2, -0.15) is 0 Å². The van der Waals surface area contributed by atoms with E-state index in [0.29, 0.717) is 39.9 Å². The summed E-state index contributed by atoms with van der Waals surface area (Å²) in [4.78, 5) is 34.9. The SMILES string of the molecule is C#C[C@]1(O)CC[C@H]2[C@@H]3CCc4cc(OC)ccc4[C@H]3CC[C@@]21C.COC(=O)Nc1nc2cc(C(=O)c3ccc(F)cc3)ccc2[nH]1.Clc1ccccc1C(c1ccccc1)(c1ccccc1)n1ccnc1. The molecule has 3 aliphatic rings. The van der Waals surface area contributed by atoms with Crippen LogP contribution in [0, 0.1) is 35.4 Å². The van der Waals surface area contributed by atoms with Crippen LogP contribution < -0.4 is 10.1 Å². The van der Waals surface area contributed by atoms with Gasteiger partial charge in [0.15, 0.2) is 5.78 Å². The number of nitrogens with zero attached hydrogens (tertiary/aromatic N) is 3. The molecule has 11 rings (SSSR count). The van der Waals surface area contributed by atoms with Crippen LogP contribution in [0.3, 0.4) is 0 Å². The van der Waals surface area contributed by atoms with E-state index >= 15 is 0 Å². The number of hydrogen-bond donors (Lipinski definition) is 3. The number of aliphatic hydroxyl groups is 1. The zero-order valence-electron chi connectivity index (χ0n) is 39.8. The fraction of sp³-hybridized carbons (Fsp3) is 0.254. The number of H-pyrrole nitrogens is 1. The van der Waals surface area contributed by atoms with Crippen molar-refractivity contribution in [1.82, 2.24) is 19.5 Å². The Morgan fingerprint density at radius 3 is 2.21 bits per heavy atom. The quantitative estimate of drug-likeness (QED) is 0.0785. The van der Waals surface area contributed by atoms with E-state index < -0.39 is 23.1 Å². The number of aromatic amines is 1. The first-order valence-corrected chi connectivity index (χ1v) is 24.2. The van der Waals surface area contributed by atoms with E-state index in [-0.39, 0.29) is 17.1 Å². The average Bonchev–Trinajstić information content (AvgIpc) is 4.16. The summed E-state index contributed by atoms with van der Waals surface area (Å²) in [6, 6.07) is 45.7. The van der Waals surface area contributed by atoms with Crippen molar-refractivity contribution >= 4 is 40.5 Å². The van der Waals surface area contributed by atoms with Gasteiger partial charge in [0.1, 0.15) is 22.7 Å². The lowest BCUT2D eigenvalue weighted by Gasteiger charge is -2.52. The van der Waals surface area contributed by atoms with Gasteiger partial charge >= 0.3 is 6.09 Å². The number of ketones is 1. The van der Waals surface area contributed by atoms with E-state index in [1.165, 1.54) is 48.9 Å². The van der Waals surface area contributed by atoms with Gasteiger partial charge in [0.2, 0.25) is 5.95 Å². The first-order chi connectivity index (χ1) is 34.4. The first kappa shape index (κ1) is 48.5. The molecular formula is C59H55ClFN5O5. The molecule has 6 aromatic carbocycles. The van der Waals surface area contributed by atoms with Crippen LogP contribution in [0.15, 0.2) is 164 Å². The summed E-state index contributed by atoms with van der Waals surface area (Å²) in [6.07, 6.45) is 17.1. The molecule has 2 aromatic heterocycles. The Labute approximate surface area is 418 Å². The van der Waals surface area contributed by atoms with Crippen molar-refractivity contribution in [3.05, 3.63) is 214 Å². The number of amides is 1. The summed E-state index contributed by atoms with van der Waals surface area (Å²) < 4.78 is 24.9. The number of imidazole rings is 2. The number of methoxy groups -OCH3 is 2. The van der Waals surface area contributed by atoms with Crippen LogP contribution in [0.4, 0.5) is 15.1 Å². The maximum Gasteiger partial charge on any atom is 0.413 e. The molecule has 0 spiro atoms. The van der Waals surface area contributed by atoms with E-state index in [9.17, 15) is 19.1 Å². The highest BCUT2D eigenvalue weighted by molar-refractivity contribution is 6.31. The summed E-state index contributed by atoms with van der Waals surface area (Å²) in [6.45, 7) is 2.24. The van der Waals surface area contributed by atoms with Crippen molar-refractivity contribution in [3.8, 4) is 18.1 Å². The van der Waals surface area contributed by atoms with Crippen LogP contribution in [0.2, 0.25) is 5.02 Å². The highest BCUT2D eigenvalue weighted by Gasteiger charge is 2.61. The van der Waals surface area contributed by atoms with Gasteiger partial charge < -0.3 is 24.1 Å². The van der Waals surface area contributed by atoms with Crippen molar-refractivity contribution in [2.24, 2.45) is 17.3 Å². The summed E-state index contributed by atoms with van der Waals surface area (Å²) in [5.41, 5.74) is 6.64. The van der Waals surface area contributed by atoms with Gasteiger partial charge in [0.05, 0.1) is 31.6 Å². The topological polar surface area (TPSA) is 131 Å². The normalized spacial score (nSPS) is 20.8. The van der Waals surface area contributed by atoms with Crippen LogP contribution in [0.1, 0.15) is 88.7 Å². The summed E-state index contributed by atoms with van der Waals surface area (Å²) >= 11 is 6.69. The zero-order chi connectivity index (χ0) is 49.8. The Hall–Kier alpha value is -7.52. The third-order valence-corrected chi connectivity index (χ3v) is 15.4.